The van der Waals surface area contributed by atoms with E-state index in [1.807, 2.05) is 18.5 Å². The summed E-state index contributed by atoms with van der Waals surface area (Å²) in [4.78, 5) is 1.93. The van der Waals surface area contributed by atoms with E-state index in [1.54, 1.807) is 0 Å². The largest absolute Gasteiger partial charge is 0.287 e. The first-order valence-electron chi connectivity index (χ1n) is 2.23. The van der Waals surface area contributed by atoms with Gasteiger partial charge in [0.1, 0.15) is 5.62 Å². The number of nitrogens with one attached hydrogen (secondary N) is 1. The second-order valence-corrected chi connectivity index (χ2v) is 2.01. The van der Waals surface area contributed by atoms with Gasteiger partial charge < -0.3 is 0 Å². The van der Waals surface area contributed by atoms with E-state index in [0.29, 0.717) is 0 Å². The molecule has 0 bridgehead atoms. The molecule has 1 aliphatic heterocycles. The maximum absolute atomic E-state index is 5.65. The Labute approximate surface area is 48.4 Å². The summed E-state index contributed by atoms with van der Waals surface area (Å²) in [5.41, 5.74) is 0.0139. The molecular formula is C4H8ClN2. The summed E-state index contributed by atoms with van der Waals surface area (Å²) in [5.74, 6) is 0. The van der Waals surface area contributed by atoms with Gasteiger partial charge in [-0.1, -0.05) is 11.6 Å². The van der Waals surface area contributed by atoms with Gasteiger partial charge in [0, 0.05) is 13.1 Å². The van der Waals surface area contributed by atoms with Crippen molar-refractivity contribution in [2.24, 2.45) is 0 Å². The van der Waals surface area contributed by atoms with Gasteiger partial charge in [-0.25, -0.2) is 0 Å². The summed E-state index contributed by atoms with van der Waals surface area (Å²) >= 11 is 5.65. The summed E-state index contributed by atoms with van der Waals surface area (Å²) < 4.78 is 0. The van der Waals surface area contributed by atoms with E-state index in [2.05, 4.69) is 5.32 Å². The van der Waals surface area contributed by atoms with Gasteiger partial charge in [-0.05, 0) is 7.05 Å². The molecule has 0 aliphatic carbocycles. The minimum atomic E-state index is 0.0139. The van der Waals surface area contributed by atoms with Crippen LogP contribution in [0.1, 0.15) is 0 Å². The Balaban J connectivity index is 2.33. The Kier molecular flexibility index (Phi) is 1.52. The molecule has 0 aromatic heterocycles. The van der Waals surface area contributed by atoms with E-state index in [-0.39, 0.29) is 5.62 Å². The highest BCUT2D eigenvalue weighted by Gasteiger charge is 2.15. The molecule has 0 spiro atoms. The highest BCUT2D eigenvalue weighted by molar-refractivity contribution is 6.20. The lowest BCUT2D eigenvalue weighted by Crippen LogP contribution is -2.25. The van der Waals surface area contributed by atoms with Crippen LogP contribution < -0.4 is 5.32 Å². The standard InChI is InChI=1S/C4H8ClN2/c1-7-3-2-6-4(7)5/h3-4,6H,2H2,1H3. The second-order valence-electron chi connectivity index (χ2n) is 1.59. The van der Waals surface area contributed by atoms with Crippen LogP contribution in [0.3, 0.4) is 0 Å². The van der Waals surface area contributed by atoms with Crippen molar-refractivity contribution < 1.29 is 0 Å². The minimum absolute atomic E-state index is 0.0139. The average Bonchev–Trinajstić information content (AvgIpc) is 1.91. The number of likely N-dealkylation sites (N-methyl/N-ethyl adjacent to an activating group) is 1. The molecule has 41 valence electrons. The first-order chi connectivity index (χ1) is 3.30. The van der Waals surface area contributed by atoms with E-state index in [0.717, 1.165) is 6.54 Å². The summed E-state index contributed by atoms with van der Waals surface area (Å²) in [7, 11) is 1.94. The van der Waals surface area contributed by atoms with Crippen molar-refractivity contribution in [2.75, 3.05) is 13.6 Å². The van der Waals surface area contributed by atoms with Crippen molar-refractivity contribution >= 4 is 11.6 Å². The predicted molar refractivity (Wildman–Crippen MR) is 29.7 cm³/mol. The quantitative estimate of drug-likeness (QED) is 0.362. The maximum atomic E-state index is 5.65. The van der Waals surface area contributed by atoms with Crippen molar-refractivity contribution in [3.63, 3.8) is 0 Å². The number of hydrogen-bond donors (Lipinski definition) is 1. The summed E-state index contributed by atoms with van der Waals surface area (Å²) in [6.07, 6.45) is 0. The third-order valence-electron chi connectivity index (χ3n) is 1.02. The van der Waals surface area contributed by atoms with Gasteiger partial charge in [0.15, 0.2) is 0 Å². The summed E-state index contributed by atoms with van der Waals surface area (Å²) in [5, 5.41) is 3.01. The summed E-state index contributed by atoms with van der Waals surface area (Å²) in [6.45, 7) is 2.91. The van der Waals surface area contributed by atoms with E-state index in [1.165, 1.54) is 0 Å². The predicted octanol–water partition coefficient (Wildman–Crippen LogP) is 0.206. The van der Waals surface area contributed by atoms with Gasteiger partial charge in [-0.2, -0.15) is 0 Å². The van der Waals surface area contributed by atoms with E-state index < -0.39 is 0 Å². The normalized spacial score (nSPS) is 34.3. The van der Waals surface area contributed by atoms with Crippen LogP contribution in [-0.4, -0.2) is 24.1 Å². The average molecular weight is 120 g/mol. The van der Waals surface area contributed by atoms with Crippen molar-refractivity contribution in [1.29, 1.82) is 0 Å². The molecule has 1 N–H and O–H groups in total. The smallest absolute Gasteiger partial charge is 0.137 e. The Morgan fingerprint density at radius 1 is 2.00 bits per heavy atom. The first-order valence-corrected chi connectivity index (χ1v) is 2.67. The van der Waals surface area contributed by atoms with Crippen LogP contribution >= 0.6 is 11.6 Å². The van der Waals surface area contributed by atoms with E-state index >= 15 is 0 Å². The zero-order chi connectivity index (χ0) is 5.28. The molecule has 7 heavy (non-hydrogen) atoms. The highest BCUT2D eigenvalue weighted by atomic mass is 35.5. The molecule has 0 aromatic rings. The molecule has 0 saturated carbocycles. The SMILES string of the molecule is CN1[CH]CNC1Cl. The van der Waals surface area contributed by atoms with Gasteiger partial charge >= 0.3 is 0 Å². The molecule has 0 amide bonds. The monoisotopic (exact) mass is 119 g/mol. The van der Waals surface area contributed by atoms with Crippen molar-refractivity contribution in [2.45, 2.75) is 5.62 Å². The van der Waals surface area contributed by atoms with Crippen LogP contribution in [0.5, 0.6) is 0 Å². The molecule has 2 nitrogen and oxygen atoms in total. The fraction of sp³-hybridized carbons (Fsp3) is 0.750. The third kappa shape index (κ3) is 1.06. The van der Waals surface area contributed by atoms with Gasteiger partial charge in [0.2, 0.25) is 0 Å². The number of alkyl halides is 1. The zero-order valence-electron chi connectivity index (χ0n) is 4.19. The molecule has 1 rings (SSSR count). The molecule has 1 unspecified atom stereocenters. The molecule has 1 fully saturated rings. The number of rotatable bonds is 0. The first kappa shape index (κ1) is 5.35. The lowest BCUT2D eigenvalue weighted by molar-refractivity contribution is 0.417. The van der Waals surface area contributed by atoms with Crippen molar-refractivity contribution in [1.82, 2.24) is 10.2 Å². The molecule has 0 aromatic carbocycles. The lowest BCUT2D eigenvalue weighted by Gasteiger charge is -2.08. The van der Waals surface area contributed by atoms with Crippen LogP contribution in [0.25, 0.3) is 0 Å². The van der Waals surface area contributed by atoms with Crippen LogP contribution in [-0.2, 0) is 0 Å². The van der Waals surface area contributed by atoms with E-state index in [9.17, 15) is 0 Å². The zero-order valence-corrected chi connectivity index (χ0v) is 4.94. The molecule has 1 radical (unpaired) electrons. The highest BCUT2D eigenvalue weighted by Crippen LogP contribution is 2.05. The third-order valence-corrected chi connectivity index (χ3v) is 1.49. The molecule has 1 heterocycles. The number of hydrogen-bond acceptors (Lipinski definition) is 2. The molecule has 1 aliphatic rings. The fourth-order valence-electron chi connectivity index (χ4n) is 0.530. The Morgan fingerprint density at radius 2 is 2.71 bits per heavy atom. The Hall–Kier alpha value is 0.210. The van der Waals surface area contributed by atoms with Crippen LogP contribution in [0.15, 0.2) is 0 Å². The molecular weight excluding hydrogens is 112 g/mol. The van der Waals surface area contributed by atoms with Crippen molar-refractivity contribution in [3.05, 3.63) is 6.54 Å². The topological polar surface area (TPSA) is 15.3 Å². The molecule has 3 heteroatoms. The Bertz CT molecular complexity index is 58.7. The van der Waals surface area contributed by atoms with Crippen LogP contribution in [0, 0.1) is 6.54 Å². The van der Waals surface area contributed by atoms with E-state index in [4.69, 9.17) is 11.6 Å². The van der Waals surface area contributed by atoms with Crippen LogP contribution in [0.4, 0.5) is 0 Å². The fourth-order valence-corrected chi connectivity index (χ4v) is 0.699. The second kappa shape index (κ2) is 1.99. The minimum Gasteiger partial charge on any atom is -0.287 e. The molecule has 1 saturated heterocycles. The lowest BCUT2D eigenvalue weighted by atomic mass is 10.7. The van der Waals surface area contributed by atoms with Crippen LogP contribution in [0.2, 0.25) is 0 Å². The number of halogens is 1. The Morgan fingerprint density at radius 3 is 2.86 bits per heavy atom. The van der Waals surface area contributed by atoms with Gasteiger partial charge in [0.25, 0.3) is 0 Å². The van der Waals surface area contributed by atoms with Gasteiger partial charge in [-0.15, -0.1) is 0 Å². The number of nitrogens with zero attached hydrogens (tertiary/aromatic N) is 1. The van der Waals surface area contributed by atoms with Crippen molar-refractivity contribution in [3.8, 4) is 0 Å². The van der Waals surface area contributed by atoms with Gasteiger partial charge in [0.05, 0.1) is 0 Å². The maximum Gasteiger partial charge on any atom is 0.137 e. The van der Waals surface area contributed by atoms with Gasteiger partial charge in [-0.3, -0.25) is 10.2 Å². The molecule has 1 atom stereocenters. The summed E-state index contributed by atoms with van der Waals surface area (Å²) in [6, 6.07) is 0.